The summed E-state index contributed by atoms with van der Waals surface area (Å²) in [7, 11) is 0. The van der Waals surface area contributed by atoms with E-state index in [0.29, 0.717) is 5.56 Å². The van der Waals surface area contributed by atoms with Gasteiger partial charge in [0, 0.05) is 11.1 Å². The highest BCUT2D eigenvalue weighted by atomic mass is 16.3. The highest BCUT2D eigenvalue weighted by Crippen LogP contribution is 2.26. The molecular weight excluding hydrogens is 252 g/mol. The lowest BCUT2D eigenvalue weighted by molar-refractivity contribution is 0.0932. The van der Waals surface area contributed by atoms with Gasteiger partial charge in [-0.2, -0.15) is 0 Å². The Balaban J connectivity index is 2.37. The Labute approximate surface area is 118 Å². The molecule has 3 nitrogen and oxygen atoms in total. The minimum Gasteiger partial charge on any atom is -0.504 e. The van der Waals surface area contributed by atoms with Crippen molar-refractivity contribution in [3.8, 4) is 0 Å². The minimum atomic E-state index is -0.490. The second kappa shape index (κ2) is 5.08. The molecule has 2 rings (SSSR count). The lowest BCUT2D eigenvalue weighted by atomic mass is 9.87. The highest BCUT2D eigenvalue weighted by Gasteiger charge is 2.30. The Kier molecular flexibility index (Phi) is 3.62. The Morgan fingerprint density at radius 3 is 2.15 bits per heavy atom. The van der Waals surface area contributed by atoms with Crippen LogP contribution in [0.2, 0.25) is 0 Å². The first kappa shape index (κ1) is 14.3. The molecule has 0 amide bonds. The first-order chi connectivity index (χ1) is 9.31. The largest absolute Gasteiger partial charge is 0.504 e. The van der Waals surface area contributed by atoms with Gasteiger partial charge in [0.05, 0.1) is 5.57 Å². The number of allylic oxidation sites excluding steroid dienone is 4. The Hall–Kier alpha value is -2.16. The monoisotopic (exact) mass is 270 g/mol. The Bertz CT molecular complexity index is 628. The van der Waals surface area contributed by atoms with Gasteiger partial charge in [-0.1, -0.05) is 57.2 Å². The number of carbonyl (C=O) groups excluding carboxylic acids is 2. The number of ketones is 2. The van der Waals surface area contributed by atoms with Gasteiger partial charge in [0.1, 0.15) is 0 Å². The number of rotatable bonds is 2. The number of Topliss-reactive ketones (excluding diaryl/α,β-unsaturated/α-hetero) is 2. The summed E-state index contributed by atoms with van der Waals surface area (Å²) in [5, 5.41) is 9.94. The van der Waals surface area contributed by atoms with Gasteiger partial charge < -0.3 is 5.11 Å². The zero-order valence-corrected chi connectivity index (χ0v) is 11.9. The van der Waals surface area contributed by atoms with Crippen molar-refractivity contribution in [1.29, 1.82) is 0 Å². The summed E-state index contributed by atoms with van der Waals surface area (Å²) in [6.45, 7) is 6.23. The lowest BCUT2D eigenvalue weighted by Crippen LogP contribution is -2.21. The summed E-state index contributed by atoms with van der Waals surface area (Å²) in [4.78, 5) is 24.3. The van der Waals surface area contributed by atoms with Crippen LogP contribution in [0.5, 0.6) is 0 Å². The summed E-state index contributed by atoms with van der Waals surface area (Å²) >= 11 is 0. The van der Waals surface area contributed by atoms with Crippen LogP contribution >= 0.6 is 0 Å². The molecule has 1 aliphatic carbocycles. The third-order valence-corrected chi connectivity index (χ3v) is 3.15. The van der Waals surface area contributed by atoms with Gasteiger partial charge in [-0.3, -0.25) is 9.59 Å². The quantitative estimate of drug-likeness (QED) is 0.887. The number of hydrogen-bond donors (Lipinski definition) is 1. The minimum absolute atomic E-state index is 0.0814. The first-order valence-corrected chi connectivity index (χ1v) is 6.59. The van der Waals surface area contributed by atoms with E-state index >= 15 is 0 Å². The molecule has 0 fully saturated rings. The van der Waals surface area contributed by atoms with E-state index < -0.39 is 11.5 Å². The van der Waals surface area contributed by atoms with Crippen molar-refractivity contribution in [2.45, 2.75) is 27.2 Å². The summed E-state index contributed by atoms with van der Waals surface area (Å²) in [6.07, 6.45) is 4.13. The van der Waals surface area contributed by atoms with Crippen LogP contribution in [0.15, 0.2) is 47.7 Å². The van der Waals surface area contributed by atoms with E-state index in [1.54, 1.807) is 30.3 Å². The molecule has 0 aromatic heterocycles. The zero-order chi connectivity index (χ0) is 14.9. The third kappa shape index (κ3) is 2.72. The number of hydrogen-bond acceptors (Lipinski definition) is 3. The molecular formula is C17H18O3. The van der Waals surface area contributed by atoms with E-state index in [4.69, 9.17) is 0 Å². The van der Waals surface area contributed by atoms with E-state index in [1.807, 2.05) is 6.08 Å². The fourth-order valence-electron chi connectivity index (χ4n) is 2.07. The second-order valence-corrected chi connectivity index (χ2v) is 6.13. The van der Waals surface area contributed by atoms with Gasteiger partial charge >= 0.3 is 0 Å². The van der Waals surface area contributed by atoms with Crippen LogP contribution in [-0.4, -0.2) is 16.7 Å². The van der Waals surface area contributed by atoms with Gasteiger partial charge in [-0.15, -0.1) is 0 Å². The molecule has 0 aliphatic heterocycles. The average Bonchev–Trinajstić information content (AvgIpc) is 2.39. The van der Waals surface area contributed by atoms with E-state index in [0.717, 1.165) is 6.42 Å². The topological polar surface area (TPSA) is 54.4 Å². The predicted molar refractivity (Wildman–Crippen MR) is 78.0 cm³/mol. The maximum atomic E-state index is 12.3. The predicted octanol–water partition coefficient (Wildman–Crippen LogP) is 3.87. The summed E-state index contributed by atoms with van der Waals surface area (Å²) in [6, 6.07) is 6.56. The normalized spacial score (nSPS) is 15.9. The van der Waals surface area contributed by atoms with E-state index in [-0.39, 0.29) is 22.3 Å². The SMILES string of the molecule is CC(C)(C)CC=CC1=C(O)C(=O)c2ccccc2C1=O. The third-order valence-electron chi connectivity index (χ3n) is 3.15. The second-order valence-electron chi connectivity index (χ2n) is 6.13. The number of benzene rings is 1. The molecule has 0 atom stereocenters. The van der Waals surface area contributed by atoms with E-state index in [9.17, 15) is 14.7 Å². The van der Waals surface area contributed by atoms with Gasteiger partial charge in [-0.25, -0.2) is 0 Å². The van der Waals surface area contributed by atoms with E-state index in [1.165, 1.54) is 0 Å². The molecule has 3 heteroatoms. The summed E-state index contributed by atoms with van der Waals surface area (Å²) < 4.78 is 0. The van der Waals surface area contributed by atoms with Gasteiger partial charge in [0.15, 0.2) is 11.5 Å². The molecule has 0 unspecified atom stereocenters. The van der Waals surface area contributed by atoms with Crippen molar-refractivity contribution in [1.82, 2.24) is 0 Å². The van der Waals surface area contributed by atoms with Crippen molar-refractivity contribution < 1.29 is 14.7 Å². The van der Waals surface area contributed by atoms with Crippen molar-refractivity contribution in [3.63, 3.8) is 0 Å². The molecule has 0 saturated carbocycles. The van der Waals surface area contributed by atoms with Crippen LogP contribution < -0.4 is 0 Å². The molecule has 0 heterocycles. The van der Waals surface area contributed by atoms with Crippen LogP contribution in [-0.2, 0) is 0 Å². The number of aliphatic hydroxyl groups is 1. The van der Waals surface area contributed by atoms with Gasteiger partial charge in [0.25, 0.3) is 0 Å². The first-order valence-electron chi connectivity index (χ1n) is 6.59. The van der Waals surface area contributed by atoms with Crippen LogP contribution in [0, 0.1) is 5.41 Å². The molecule has 0 spiro atoms. The van der Waals surface area contributed by atoms with Crippen LogP contribution in [0.1, 0.15) is 47.9 Å². The maximum absolute atomic E-state index is 12.3. The van der Waals surface area contributed by atoms with Crippen LogP contribution in [0.4, 0.5) is 0 Å². The molecule has 1 aromatic carbocycles. The number of fused-ring (bicyclic) bond motifs is 1. The molecule has 20 heavy (non-hydrogen) atoms. The van der Waals surface area contributed by atoms with Crippen LogP contribution in [0.3, 0.4) is 0 Å². The van der Waals surface area contributed by atoms with Gasteiger partial charge in [0.2, 0.25) is 5.78 Å². The standard InChI is InChI=1S/C17H18O3/c1-17(2,3)10-6-9-13-14(18)11-7-4-5-8-12(11)15(19)16(13)20/h4-9,20H,10H2,1-3H3. The molecule has 104 valence electrons. The molecule has 1 N–H and O–H groups in total. The lowest BCUT2D eigenvalue weighted by Gasteiger charge is -2.17. The van der Waals surface area contributed by atoms with Crippen molar-refractivity contribution in [2.24, 2.45) is 5.41 Å². The summed E-state index contributed by atoms with van der Waals surface area (Å²) in [5.41, 5.74) is 0.790. The molecule has 0 bridgehead atoms. The molecule has 1 aliphatic rings. The highest BCUT2D eigenvalue weighted by molar-refractivity contribution is 6.26. The Morgan fingerprint density at radius 2 is 1.60 bits per heavy atom. The van der Waals surface area contributed by atoms with Crippen LogP contribution in [0.25, 0.3) is 0 Å². The molecule has 0 radical (unpaired) electrons. The molecule has 1 aromatic rings. The smallest absolute Gasteiger partial charge is 0.228 e. The van der Waals surface area contributed by atoms with Gasteiger partial charge in [-0.05, 0) is 11.8 Å². The van der Waals surface area contributed by atoms with E-state index in [2.05, 4.69) is 20.8 Å². The van der Waals surface area contributed by atoms with Crippen molar-refractivity contribution >= 4 is 11.6 Å². The maximum Gasteiger partial charge on any atom is 0.228 e. The fourth-order valence-corrected chi connectivity index (χ4v) is 2.07. The number of aliphatic hydroxyl groups excluding tert-OH is 1. The average molecular weight is 270 g/mol. The molecule has 0 saturated heterocycles. The summed E-state index contributed by atoms with van der Waals surface area (Å²) in [5.74, 6) is -1.25. The Morgan fingerprint density at radius 1 is 1.05 bits per heavy atom. The zero-order valence-electron chi connectivity index (χ0n) is 11.9. The van der Waals surface area contributed by atoms with Crippen molar-refractivity contribution in [3.05, 3.63) is 58.9 Å². The fraction of sp³-hybridized carbons (Fsp3) is 0.294. The van der Waals surface area contributed by atoms with Crippen molar-refractivity contribution in [2.75, 3.05) is 0 Å². The number of carbonyl (C=O) groups is 2.